The molecule has 1 unspecified atom stereocenters. The summed E-state index contributed by atoms with van der Waals surface area (Å²) in [5.41, 5.74) is 0.595. The van der Waals surface area contributed by atoms with E-state index in [4.69, 9.17) is 0 Å². The van der Waals surface area contributed by atoms with Crippen molar-refractivity contribution in [2.45, 2.75) is 12.5 Å². The number of hydrogen-bond acceptors (Lipinski definition) is 4. The molecule has 0 radical (unpaired) electrons. The Morgan fingerprint density at radius 1 is 1.12 bits per heavy atom. The lowest BCUT2D eigenvalue weighted by Crippen LogP contribution is -2.38. The zero-order chi connectivity index (χ0) is 18.3. The molecule has 0 saturated carbocycles. The first-order valence-corrected chi connectivity index (χ1v) is 8.21. The van der Waals surface area contributed by atoms with E-state index in [9.17, 15) is 19.1 Å². The Morgan fingerprint density at radius 2 is 1.92 bits per heavy atom. The van der Waals surface area contributed by atoms with Crippen LogP contribution in [0.25, 0.3) is 5.69 Å². The summed E-state index contributed by atoms with van der Waals surface area (Å²) in [7, 11) is 0. The van der Waals surface area contributed by atoms with Crippen LogP contribution in [0, 0.1) is 5.82 Å². The van der Waals surface area contributed by atoms with Gasteiger partial charge in [0.05, 0.1) is 17.3 Å². The SMILES string of the molecule is O=c1[nH]c(=O)n(-c2cccc(F)c2)c(O)c1C1NCCc2ccccc21. The van der Waals surface area contributed by atoms with Gasteiger partial charge < -0.3 is 10.4 Å². The van der Waals surface area contributed by atoms with Crippen LogP contribution in [0.3, 0.4) is 0 Å². The number of aromatic nitrogens is 2. The predicted octanol–water partition coefficient (Wildman–Crippen LogP) is 1.61. The third kappa shape index (κ3) is 2.62. The molecule has 2 heterocycles. The van der Waals surface area contributed by atoms with Gasteiger partial charge in [0.2, 0.25) is 5.88 Å². The zero-order valence-electron chi connectivity index (χ0n) is 13.7. The minimum atomic E-state index is -0.828. The van der Waals surface area contributed by atoms with E-state index in [2.05, 4.69) is 10.3 Å². The van der Waals surface area contributed by atoms with Crippen molar-refractivity contribution in [3.05, 3.63) is 91.9 Å². The zero-order valence-corrected chi connectivity index (χ0v) is 13.7. The maximum Gasteiger partial charge on any atom is 0.335 e. The second-order valence-corrected chi connectivity index (χ2v) is 6.15. The molecule has 4 rings (SSSR count). The maximum absolute atomic E-state index is 13.6. The molecule has 0 amide bonds. The van der Waals surface area contributed by atoms with E-state index in [0.717, 1.165) is 28.2 Å². The normalized spacial score (nSPS) is 16.3. The van der Waals surface area contributed by atoms with Gasteiger partial charge in [0.1, 0.15) is 5.82 Å². The number of hydrogen-bond donors (Lipinski definition) is 3. The first-order valence-electron chi connectivity index (χ1n) is 8.21. The summed E-state index contributed by atoms with van der Waals surface area (Å²) in [4.78, 5) is 27.0. The number of aromatic hydroxyl groups is 1. The summed E-state index contributed by atoms with van der Waals surface area (Å²) in [5.74, 6) is -1.05. The quantitative estimate of drug-likeness (QED) is 0.653. The van der Waals surface area contributed by atoms with Gasteiger partial charge in [-0.05, 0) is 35.7 Å². The Bertz CT molecular complexity index is 1100. The number of fused-ring (bicyclic) bond motifs is 1. The molecule has 0 bridgehead atoms. The summed E-state index contributed by atoms with van der Waals surface area (Å²) < 4.78 is 14.5. The van der Waals surface area contributed by atoms with Crippen LogP contribution in [0.2, 0.25) is 0 Å². The summed E-state index contributed by atoms with van der Waals surface area (Å²) in [6.07, 6.45) is 0.800. The van der Waals surface area contributed by atoms with E-state index < -0.39 is 29.0 Å². The third-order valence-electron chi connectivity index (χ3n) is 4.58. The van der Waals surface area contributed by atoms with Crippen LogP contribution >= 0.6 is 0 Å². The van der Waals surface area contributed by atoms with Crippen LogP contribution in [0.15, 0.2) is 58.1 Å². The van der Waals surface area contributed by atoms with Crippen molar-refractivity contribution in [1.82, 2.24) is 14.9 Å². The molecule has 132 valence electrons. The number of benzene rings is 2. The summed E-state index contributed by atoms with van der Waals surface area (Å²) in [6, 6.07) is 12.3. The minimum absolute atomic E-state index is 0.0287. The molecule has 3 N–H and O–H groups in total. The Morgan fingerprint density at radius 3 is 2.73 bits per heavy atom. The summed E-state index contributed by atoms with van der Waals surface area (Å²) >= 11 is 0. The molecule has 1 aliphatic heterocycles. The lowest BCUT2D eigenvalue weighted by molar-refractivity contribution is 0.410. The average Bonchev–Trinajstić information content (AvgIpc) is 2.61. The van der Waals surface area contributed by atoms with E-state index in [1.807, 2.05) is 24.3 Å². The summed E-state index contributed by atoms with van der Waals surface area (Å²) in [6.45, 7) is 0.625. The topological polar surface area (TPSA) is 87.1 Å². The van der Waals surface area contributed by atoms with Crippen molar-refractivity contribution in [3.8, 4) is 11.6 Å². The molecule has 2 aromatic carbocycles. The number of rotatable bonds is 2. The molecule has 0 aliphatic carbocycles. The number of nitrogens with one attached hydrogen (secondary N) is 2. The largest absolute Gasteiger partial charge is 0.494 e. The Kier molecular flexibility index (Phi) is 3.93. The Hall–Kier alpha value is -3.19. The van der Waals surface area contributed by atoms with Gasteiger partial charge in [0, 0.05) is 6.54 Å². The predicted molar refractivity (Wildman–Crippen MR) is 94.3 cm³/mol. The molecule has 1 aliphatic rings. The molecule has 7 heteroatoms. The fourth-order valence-corrected chi connectivity index (χ4v) is 3.42. The lowest BCUT2D eigenvalue weighted by atomic mass is 9.90. The van der Waals surface area contributed by atoms with Gasteiger partial charge in [0.15, 0.2) is 0 Å². The van der Waals surface area contributed by atoms with Crippen molar-refractivity contribution in [2.75, 3.05) is 6.54 Å². The van der Waals surface area contributed by atoms with E-state index in [1.165, 1.54) is 18.2 Å². The molecular weight excluding hydrogens is 337 g/mol. The van der Waals surface area contributed by atoms with Crippen LogP contribution in [-0.4, -0.2) is 21.2 Å². The van der Waals surface area contributed by atoms with E-state index in [1.54, 1.807) is 0 Å². The highest BCUT2D eigenvalue weighted by molar-refractivity contribution is 5.45. The fraction of sp³-hybridized carbons (Fsp3) is 0.158. The van der Waals surface area contributed by atoms with Gasteiger partial charge in [-0.1, -0.05) is 30.3 Å². The highest BCUT2D eigenvalue weighted by atomic mass is 19.1. The molecule has 0 saturated heterocycles. The van der Waals surface area contributed by atoms with Gasteiger partial charge >= 0.3 is 5.69 Å². The first-order chi connectivity index (χ1) is 12.6. The second kappa shape index (κ2) is 6.27. The van der Waals surface area contributed by atoms with E-state index in [0.29, 0.717) is 6.54 Å². The van der Waals surface area contributed by atoms with Crippen molar-refractivity contribution < 1.29 is 9.50 Å². The first kappa shape index (κ1) is 16.3. The third-order valence-corrected chi connectivity index (χ3v) is 4.58. The Balaban J connectivity index is 1.96. The molecule has 1 aromatic heterocycles. The van der Waals surface area contributed by atoms with Gasteiger partial charge in [-0.2, -0.15) is 0 Å². The summed E-state index contributed by atoms with van der Waals surface area (Å²) in [5, 5.41) is 14.0. The molecular formula is C19H16FN3O3. The number of aromatic amines is 1. The standard InChI is InChI=1S/C19H16FN3O3/c20-12-5-3-6-13(10-12)23-18(25)15(17(24)22-19(23)26)16-14-7-2-1-4-11(14)8-9-21-16/h1-7,10,16,21,25H,8-9H2,(H,22,24,26). The van der Waals surface area contributed by atoms with Crippen LogP contribution in [0.4, 0.5) is 4.39 Å². The molecule has 3 aromatic rings. The average molecular weight is 353 g/mol. The van der Waals surface area contributed by atoms with Gasteiger partial charge in [-0.15, -0.1) is 0 Å². The highest BCUT2D eigenvalue weighted by Gasteiger charge is 2.28. The number of halogens is 1. The van der Waals surface area contributed by atoms with Crippen LogP contribution in [0.5, 0.6) is 5.88 Å². The number of H-pyrrole nitrogens is 1. The van der Waals surface area contributed by atoms with Gasteiger partial charge in [0.25, 0.3) is 5.56 Å². The monoisotopic (exact) mass is 353 g/mol. The molecule has 0 fully saturated rings. The second-order valence-electron chi connectivity index (χ2n) is 6.15. The highest BCUT2D eigenvalue weighted by Crippen LogP contribution is 2.31. The van der Waals surface area contributed by atoms with Crippen molar-refractivity contribution in [1.29, 1.82) is 0 Å². The van der Waals surface area contributed by atoms with E-state index >= 15 is 0 Å². The van der Waals surface area contributed by atoms with Crippen molar-refractivity contribution >= 4 is 0 Å². The van der Waals surface area contributed by atoms with Crippen LogP contribution in [-0.2, 0) is 6.42 Å². The smallest absolute Gasteiger partial charge is 0.335 e. The fourth-order valence-electron chi connectivity index (χ4n) is 3.42. The van der Waals surface area contributed by atoms with Crippen LogP contribution in [0.1, 0.15) is 22.7 Å². The molecule has 1 atom stereocenters. The molecule has 0 spiro atoms. The minimum Gasteiger partial charge on any atom is -0.494 e. The molecule has 6 nitrogen and oxygen atoms in total. The van der Waals surface area contributed by atoms with Crippen molar-refractivity contribution in [2.24, 2.45) is 0 Å². The van der Waals surface area contributed by atoms with E-state index in [-0.39, 0.29) is 11.3 Å². The van der Waals surface area contributed by atoms with Crippen LogP contribution < -0.4 is 16.6 Å². The lowest BCUT2D eigenvalue weighted by Gasteiger charge is -2.27. The Labute approximate surface area is 147 Å². The van der Waals surface area contributed by atoms with Gasteiger partial charge in [-0.25, -0.2) is 13.8 Å². The van der Waals surface area contributed by atoms with Crippen molar-refractivity contribution in [3.63, 3.8) is 0 Å². The molecule has 26 heavy (non-hydrogen) atoms. The number of nitrogens with zero attached hydrogens (tertiary/aromatic N) is 1. The maximum atomic E-state index is 13.6. The van der Waals surface area contributed by atoms with Gasteiger partial charge in [-0.3, -0.25) is 9.78 Å².